The first-order valence-corrected chi connectivity index (χ1v) is 9.75. The molecular formula is C21H19N3S. The van der Waals surface area contributed by atoms with Crippen LogP contribution in [0.1, 0.15) is 35.6 Å². The van der Waals surface area contributed by atoms with Gasteiger partial charge in [0.1, 0.15) is 16.7 Å². The molecule has 1 aliphatic rings. The van der Waals surface area contributed by atoms with E-state index in [0.29, 0.717) is 5.56 Å². The van der Waals surface area contributed by atoms with Crippen LogP contribution >= 0.6 is 11.8 Å². The quantitative estimate of drug-likeness (QED) is 0.653. The Morgan fingerprint density at radius 1 is 1.16 bits per heavy atom. The molecule has 3 aromatic rings. The van der Waals surface area contributed by atoms with Crippen LogP contribution in [0.25, 0.3) is 10.9 Å². The highest BCUT2D eigenvalue weighted by molar-refractivity contribution is 7.98. The largest absolute Gasteiger partial charge is 0.377 e. The number of thioether (sulfide) groups is 1. The Morgan fingerprint density at radius 3 is 2.80 bits per heavy atom. The smallest absolute Gasteiger partial charge is 0.116 e. The van der Waals surface area contributed by atoms with Crippen molar-refractivity contribution in [2.75, 3.05) is 11.6 Å². The standard InChI is InChI=1S/C21H19N3S/c1-25-21-17(13-22)20(16-10-4-5-11-19(16)24-21)23-18-12-6-8-14-7-2-3-9-15(14)18/h2-5,7,9-11,18H,6,8,12H2,1H3,(H,23,24). The molecule has 1 N–H and O–H groups in total. The number of para-hydroxylation sites is 1. The van der Waals surface area contributed by atoms with Crippen molar-refractivity contribution in [2.24, 2.45) is 0 Å². The van der Waals surface area contributed by atoms with Crippen LogP contribution in [0.5, 0.6) is 0 Å². The van der Waals surface area contributed by atoms with E-state index in [1.165, 1.54) is 22.9 Å². The van der Waals surface area contributed by atoms with Crippen molar-refractivity contribution in [3.8, 4) is 6.07 Å². The van der Waals surface area contributed by atoms with Crippen molar-refractivity contribution in [3.05, 3.63) is 65.2 Å². The summed E-state index contributed by atoms with van der Waals surface area (Å²) in [5.41, 5.74) is 5.25. The lowest BCUT2D eigenvalue weighted by Crippen LogP contribution is -2.18. The first kappa shape index (κ1) is 16.0. The van der Waals surface area contributed by atoms with E-state index in [0.717, 1.165) is 40.9 Å². The second kappa shape index (κ2) is 6.78. The number of hydrogen-bond acceptors (Lipinski definition) is 4. The van der Waals surface area contributed by atoms with Gasteiger partial charge < -0.3 is 5.32 Å². The summed E-state index contributed by atoms with van der Waals surface area (Å²) in [7, 11) is 0. The first-order valence-electron chi connectivity index (χ1n) is 8.53. The van der Waals surface area contributed by atoms with Gasteiger partial charge in [-0.05, 0) is 42.7 Å². The lowest BCUT2D eigenvalue weighted by atomic mass is 9.87. The van der Waals surface area contributed by atoms with Gasteiger partial charge >= 0.3 is 0 Å². The SMILES string of the molecule is CSc1nc2ccccc2c(NC2CCCc3ccccc32)c1C#N. The maximum atomic E-state index is 9.77. The predicted molar refractivity (Wildman–Crippen MR) is 104 cm³/mol. The number of nitriles is 1. The maximum absolute atomic E-state index is 9.77. The second-order valence-electron chi connectivity index (χ2n) is 6.29. The third-order valence-corrected chi connectivity index (χ3v) is 5.53. The third kappa shape index (κ3) is 2.85. The second-order valence-corrected chi connectivity index (χ2v) is 7.08. The summed E-state index contributed by atoms with van der Waals surface area (Å²) in [6.45, 7) is 0. The molecule has 0 radical (unpaired) electrons. The minimum atomic E-state index is 0.234. The van der Waals surface area contributed by atoms with Crippen LogP contribution in [-0.2, 0) is 6.42 Å². The van der Waals surface area contributed by atoms with E-state index in [2.05, 4.69) is 40.6 Å². The molecule has 2 aromatic carbocycles. The molecule has 0 amide bonds. The molecule has 124 valence electrons. The fraction of sp³-hybridized carbons (Fsp3) is 0.238. The van der Waals surface area contributed by atoms with Crippen LogP contribution in [0.3, 0.4) is 0 Å². The number of benzene rings is 2. The van der Waals surface area contributed by atoms with E-state index in [9.17, 15) is 5.26 Å². The molecule has 0 fully saturated rings. The average molecular weight is 345 g/mol. The van der Waals surface area contributed by atoms with Gasteiger partial charge in [0.25, 0.3) is 0 Å². The minimum absolute atomic E-state index is 0.234. The number of aromatic nitrogens is 1. The number of fused-ring (bicyclic) bond motifs is 2. The number of anilines is 1. The highest BCUT2D eigenvalue weighted by Gasteiger charge is 2.23. The summed E-state index contributed by atoms with van der Waals surface area (Å²) < 4.78 is 0. The maximum Gasteiger partial charge on any atom is 0.116 e. The molecule has 0 spiro atoms. The number of hydrogen-bond donors (Lipinski definition) is 1. The topological polar surface area (TPSA) is 48.7 Å². The molecule has 3 nitrogen and oxygen atoms in total. The molecule has 0 aliphatic heterocycles. The molecule has 1 heterocycles. The summed E-state index contributed by atoms with van der Waals surface area (Å²) in [6, 6.07) is 19.3. The first-order chi connectivity index (χ1) is 12.3. The van der Waals surface area contributed by atoms with Crippen LogP contribution in [0.15, 0.2) is 53.6 Å². The van der Waals surface area contributed by atoms with E-state index >= 15 is 0 Å². The van der Waals surface area contributed by atoms with Crippen molar-refractivity contribution in [1.82, 2.24) is 4.98 Å². The number of aryl methyl sites for hydroxylation is 1. The molecule has 1 unspecified atom stereocenters. The molecule has 0 saturated heterocycles. The molecule has 4 rings (SSSR count). The molecule has 1 aliphatic carbocycles. The summed E-state index contributed by atoms with van der Waals surface area (Å²) in [4.78, 5) is 4.66. The van der Waals surface area contributed by atoms with Gasteiger partial charge in [-0.3, -0.25) is 0 Å². The predicted octanol–water partition coefficient (Wildman–Crippen LogP) is 5.32. The van der Waals surface area contributed by atoms with Crippen LogP contribution in [-0.4, -0.2) is 11.2 Å². The molecular weight excluding hydrogens is 326 g/mol. The Morgan fingerprint density at radius 2 is 1.96 bits per heavy atom. The fourth-order valence-corrected chi connectivity index (χ4v) is 4.21. The van der Waals surface area contributed by atoms with Crippen molar-refractivity contribution in [1.29, 1.82) is 5.26 Å². The Hall–Kier alpha value is -2.51. The zero-order valence-corrected chi connectivity index (χ0v) is 14.9. The summed E-state index contributed by atoms with van der Waals surface area (Å²) >= 11 is 1.52. The highest BCUT2D eigenvalue weighted by atomic mass is 32.2. The number of nitrogens with one attached hydrogen (secondary N) is 1. The van der Waals surface area contributed by atoms with E-state index in [4.69, 9.17) is 0 Å². The molecule has 0 bridgehead atoms. The van der Waals surface area contributed by atoms with Crippen molar-refractivity contribution >= 4 is 28.4 Å². The van der Waals surface area contributed by atoms with E-state index in [1.807, 2.05) is 30.5 Å². The number of pyridine rings is 1. The molecule has 4 heteroatoms. The van der Waals surface area contributed by atoms with Crippen LogP contribution in [0.2, 0.25) is 0 Å². The Bertz CT molecular complexity index is 975. The monoisotopic (exact) mass is 345 g/mol. The highest BCUT2D eigenvalue weighted by Crippen LogP contribution is 2.38. The normalized spacial score (nSPS) is 16.2. The van der Waals surface area contributed by atoms with Crippen LogP contribution in [0.4, 0.5) is 5.69 Å². The van der Waals surface area contributed by atoms with Gasteiger partial charge in [-0.15, -0.1) is 11.8 Å². The lowest BCUT2D eigenvalue weighted by molar-refractivity contribution is 0.600. The van der Waals surface area contributed by atoms with E-state index in [1.54, 1.807) is 0 Å². The van der Waals surface area contributed by atoms with Gasteiger partial charge in [0.05, 0.1) is 17.2 Å². The minimum Gasteiger partial charge on any atom is -0.377 e. The summed E-state index contributed by atoms with van der Waals surface area (Å²) in [5, 5.41) is 15.3. The van der Waals surface area contributed by atoms with Gasteiger partial charge in [0.2, 0.25) is 0 Å². The average Bonchev–Trinajstić information content (AvgIpc) is 2.67. The van der Waals surface area contributed by atoms with Crippen LogP contribution in [0, 0.1) is 11.3 Å². The van der Waals surface area contributed by atoms with Crippen molar-refractivity contribution in [3.63, 3.8) is 0 Å². The van der Waals surface area contributed by atoms with Crippen molar-refractivity contribution in [2.45, 2.75) is 30.3 Å². The summed E-state index contributed by atoms with van der Waals surface area (Å²) in [6.07, 6.45) is 5.34. The Balaban J connectivity index is 1.86. The Kier molecular flexibility index (Phi) is 4.33. The zero-order chi connectivity index (χ0) is 17.2. The van der Waals surface area contributed by atoms with Gasteiger partial charge in [-0.25, -0.2) is 4.98 Å². The van der Waals surface area contributed by atoms with Gasteiger partial charge in [-0.1, -0.05) is 42.5 Å². The van der Waals surface area contributed by atoms with Crippen LogP contribution < -0.4 is 5.32 Å². The van der Waals surface area contributed by atoms with Gasteiger partial charge in [0.15, 0.2) is 0 Å². The fourth-order valence-electron chi connectivity index (χ4n) is 3.67. The lowest BCUT2D eigenvalue weighted by Gasteiger charge is -2.28. The van der Waals surface area contributed by atoms with Gasteiger partial charge in [0, 0.05) is 5.39 Å². The van der Waals surface area contributed by atoms with Crippen molar-refractivity contribution < 1.29 is 0 Å². The Labute approximate surface area is 152 Å². The molecule has 0 saturated carbocycles. The van der Waals surface area contributed by atoms with Gasteiger partial charge in [-0.2, -0.15) is 5.26 Å². The third-order valence-electron chi connectivity index (χ3n) is 4.85. The summed E-state index contributed by atoms with van der Waals surface area (Å²) in [5.74, 6) is 0. The van der Waals surface area contributed by atoms with E-state index in [-0.39, 0.29) is 6.04 Å². The molecule has 25 heavy (non-hydrogen) atoms. The van der Waals surface area contributed by atoms with E-state index < -0.39 is 0 Å². The zero-order valence-electron chi connectivity index (χ0n) is 14.1. The number of rotatable bonds is 3. The molecule has 1 atom stereocenters. The molecule has 1 aromatic heterocycles. The number of nitrogens with zero attached hydrogens (tertiary/aromatic N) is 2.